The van der Waals surface area contributed by atoms with E-state index in [4.69, 9.17) is 4.74 Å². The Morgan fingerprint density at radius 2 is 2.53 bits per heavy atom. The highest BCUT2D eigenvalue weighted by molar-refractivity contribution is 5.76. The van der Waals surface area contributed by atoms with Crippen LogP contribution in [0.4, 0.5) is 0 Å². The monoisotopic (exact) mass is 211 g/mol. The molecule has 84 valence electrons. The number of ether oxygens (including phenoxy) is 1. The molecule has 0 aliphatic heterocycles. The number of H-pyrrole nitrogens is 1. The van der Waals surface area contributed by atoms with Crippen LogP contribution in [0.5, 0.6) is 0 Å². The average molecular weight is 211 g/mol. The van der Waals surface area contributed by atoms with Crippen molar-refractivity contribution in [2.45, 2.75) is 26.3 Å². The van der Waals surface area contributed by atoms with Crippen molar-refractivity contribution in [3.05, 3.63) is 18.0 Å². The van der Waals surface area contributed by atoms with Crippen LogP contribution in [0.25, 0.3) is 0 Å². The molecule has 0 saturated carbocycles. The van der Waals surface area contributed by atoms with E-state index in [1.54, 1.807) is 12.4 Å². The molecule has 0 fully saturated rings. The van der Waals surface area contributed by atoms with E-state index >= 15 is 0 Å². The molecule has 1 aromatic rings. The molecular formula is C10H17N3O2. The van der Waals surface area contributed by atoms with Gasteiger partial charge in [0.15, 0.2) is 0 Å². The van der Waals surface area contributed by atoms with Crippen molar-refractivity contribution in [3.63, 3.8) is 0 Å². The largest absolute Gasteiger partial charge is 0.381 e. The van der Waals surface area contributed by atoms with E-state index < -0.39 is 0 Å². The number of hydrogen-bond donors (Lipinski definition) is 2. The highest BCUT2D eigenvalue weighted by Gasteiger charge is 2.09. The minimum atomic E-state index is -0.0159. The van der Waals surface area contributed by atoms with Crippen molar-refractivity contribution < 1.29 is 9.53 Å². The lowest BCUT2D eigenvalue weighted by Gasteiger charge is -2.11. The van der Waals surface area contributed by atoms with Gasteiger partial charge in [0.25, 0.3) is 0 Å². The predicted octanol–water partition coefficient (Wildman–Crippen LogP) is 1.01. The Labute approximate surface area is 89.2 Å². The SMILES string of the molecule is CCOCCC(=O)NC(C)c1cn[nH]c1. The summed E-state index contributed by atoms with van der Waals surface area (Å²) in [6.07, 6.45) is 3.87. The van der Waals surface area contributed by atoms with Gasteiger partial charge in [-0.05, 0) is 13.8 Å². The molecule has 15 heavy (non-hydrogen) atoms. The lowest BCUT2D eigenvalue weighted by molar-refractivity contribution is -0.122. The molecule has 0 spiro atoms. The number of aromatic nitrogens is 2. The zero-order chi connectivity index (χ0) is 11.1. The Bertz CT molecular complexity index is 285. The van der Waals surface area contributed by atoms with Gasteiger partial charge in [-0.15, -0.1) is 0 Å². The van der Waals surface area contributed by atoms with Crippen LogP contribution in [0, 0.1) is 0 Å². The van der Waals surface area contributed by atoms with Crippen molar-refractivity contribution in [2.75, 3.05) is 13.2 Å². The Kier molecular flexibility index (Phi) is 4.83. The third kappa shape index (κ3) is 4.12. The quantitative estimate of drug-likeness (QED) is 0.690. The van der Waals surface area contributed by atoms with Gasteiger partial charge in [0.05, 0.1) is 18.8 Å². The normalized spacial score (nSPS) is 12.4. The van der Waals surface area contributed by atoms with Crippen LogP contribution in [-0.2, 0) is 9.53 Å². The summed E-state index contributed by atoms with van der Waals surface area (Å²) in [4.78, 5) is 11.4. The highest BCUT2D eigenvalue weighted by atomic mass is 16.5. The van der Waals surface area contributed by atoms with E-state index in [-0.39, 0.29) is 11.9 Å². The van der Waals surface area contributed by atoms with Crippen LogP contribution in [0.1, 0.15) is 31.9 Å². The number of carbonyl (C=O) groups excluding carboxylic acids is 1. The van der Waals surface area contributed by atoms with Gasteiger partial charge in [-0.1, -0.05) is 0 Å². The lowest BCUT2D eigenvalue weighted by Crippen LogP contribution is -2.27. The van der Waals surface area contributed by atoms with E-state index in [9.17, 15) is 4.79 Å². The molecule has 0 saturated heterocycles. The highest BCUT2D eigenvalue weighted by Crippen LogP contribution is 2.08. The first-order chi connectivity index (χ1) is 7.24. The Morgan fingerprint density at radius 1 is 1.73 bits per heavy atom. The third-order valence-electron chi connectivity index (χ3n) is 2.07. The van der Waals surface area contributed by atoms with Crippen molar-refractivity contribution >= 4 is 5.91 Å². The second-order valence-corrected chi connectivity index (χ2v) is 3.27. The van der Waals surface area contributed by atoms with Crippen LogP contribution in [0.2, 0.25) is 0 Å². The number of aromatic amines is 1. The second kappa shape index (κ2) is 6.19. The van der Waals surface area contributed by atoms with Gasteiger partial charge in [0, 0.05) is 24.8 Å². The Morgan fingerprint density at radius 3 is 3.13 bits per heavy atom. The van der Waals surface area contributed by atoms with Crippen LogP contribution in [0.15, 0.2) is 12.4 Å². The molecule has 0 radical (unpaired) electrons. The lowest BCUT2D eigenvalue weighted by atomic mass is 10.2. The number of carbonyl (C=O) groups is 1. The first-order valence-corrected chi connectivity index (χ1v) is 5.09. The fourth-order valence-corrected chi connectivity index (χ4v) is 1.20. The fourth-order valence-electron chi connectivity index (χ4n) is 1.20. The minimum absolute atomic E-state index is 0.00264. The molecule has 0 aliphatic rings. The molecule has 1 amide bonds. The number of nitrogens with zero attached hydrogens (tertiary/aromatic N) is 1. The molecule has 1 unspecified atom stereocenters. The summed E-state index contributed by atoms with van der Waals surface area (Å²) in [6.45, 7) is 4.94. The maximum Gasteiger partial charge on any atom is 0.222 e. The van der Waals surface area contributed by atoms with Gasteiger partial charge in [-0.25, -0.2) is 0 Å². The van der Waals surface area contributed by atoms with E-state index in [1.807, 2.05) is 13.8 Å². The summed E-state index contributed by atoms with van der Waals surface area (Å²) in [5, 5.41) is 9.40. The predicted molar refractivity (Wildman–Crippen MR) is 56.3 cm³/mol. The van der Waals surface area contributed by atoms with Gasteiger partial charge in [0.1, 0.15) is 0 Å². The molecule has 0 bridgehead atoms. The van der Waals surface area contributed by atoms with E-state index in [0.29, 0.717) is 19.6 Å². The number of nitrogens with one attached hydrogen (secondary N) is 2. The van der Waals surface area contributed by atoms with E-state index in [0.717, 1.165) is 5.56 Å². The first kappa shape index (κ1) is 11.7. The van der Waals surface area contributed by atoms with Gasteiger partial charge in [0.2, 0.25) is 5.91 Å². The van der Waals surface area contributed by atoms with Crippen molar-refractivity contribution in [3.8, 4) is 0 Å². The zero-order valence-electron chi connectivity index (χ0n) is 9.12. The van der Waals surface area contributed by atoms with Gasteiger partial charge >= 0.3 is 0 Å². The Balaban J connectivity index is 2.26. The van der Waals surface area contributed by atoms with Crippen LogP contribution in [0.3, 0.4) is 0 Å². The minimum Gasteiger partial charge on any atom is -0.381 e. The number of rotatable bonds is 6. The molecule has 5 heteroatoms. The summed E-state index contributed by atoms with van der Waals surface area (Å²) in [7, 11) is 0. The van der Waals surface area contributed by atoms with Crippen molar-refractivity contribution in [2.24, 2.45) is 0 Å². The summed E-state index contributed by atoms with van der Waals surface area (Å²) in [6, 6.07) is -0.0159. The molecule has 1 heterocycles. The average Bonchev–Trinajstić information content (AvgIpc) is 2.70. The van der Waals surface area contributed by atoms with E-state index in [2.05, 4.69) is 15.5 Å². The van der Waals surface area contributed by atoms with Gasteiger partial charge in [-0.2, -0.15) is 5.10 Å². The number of hydrogen-bond acceptors (Lipinski definition) is 3. The van der Waals surface area contributed by atoms with Crippen LogP contribution in [-0.4, -0.2) is 29.3 Å². The van der Waals surface area contributed by atoms with Crippen molar-refractivity contribution in [1.29, 1.82) is 0 Å². The second-order valence-electron chi connectivity index (χ2n) is 3.27. The summed E-state index contributed by atoms with van der Waals surface area (Å²) in [5.74, 6) is -0.00264. The number of amides is 1. The molecule has 1 rings (SSSR count). The first-order valence-electron chi connectivity index (χ1n) is 5.09. The van der Waals surface area contributed by atoms with Crippen molar-refractivity contribution in [1.82, 2.24) is 15.5 Å². The molecular weight excluding hydrogens is 194 g/mol. The van der Waals surface area contributed by atoms with Gasteiger partial charge < -0.3 is 10.1 Å². The molecule has 0 aromatic carbocycles. The third-order valence-corrected chi connectivity index (χ3v) is 2.07. The van der Waals surface area contributed by atoms with Crippen LogP contribution < -0.4 is 5.32 Å². The standard InChI is InChI=1S/C10H17N3O2/c1-3-15-5-4-10(14)13-8(2)9-6-11-12-7-9/h6-8H,3-5H2,1-2H3,(H,11,12)(H,13,14). The topological polar surface area (TPSA) is 67.0 Å². The van der Waals surface area contributed by atoms with Crippen LogP contribution >= 0.6 is 0 Å². The molecule has 1 atom stereocenters. The maximum absolute atomic E-state index is 11.4. The smallest absolute Gasteiger partial charge is 0.222 e. The molecule has 1 aromatic heterocycles. The van der Waals surface area contributed by atoms with E-state index in [1.165, 1.54) is 0 Å². The summed E-state index contributed by atoms with van der Waals surface area (Å²) < 4.78 is 5.10. The summed E-state index contributed by atoms with van der Waals surface area (Å²) in [5.41, 5.74) is 0.972. The Hall–Kier alpha value is -1.36. The fraction of sp³-hybridized carbons (Fsp3) is 0.600. The molecule has 2 N–H and O–H groups in total. The molecule has 0 aliphatic carbocycles. The summed E-state index contributed by atoms with van der Waals surface area (Å²) >= 11 is 0. The zero-order valence-corrected chi connectivity index (χ0v) is 9.12. The van der Waals surface area contributed by atoms with Gasteiger partial charge in [-0.3, -0.25) is 9.89 Å². The maximum atomic E-state index is 11.4. The molecule has 5 nitrogen and oxygen atoms in total.